The fourth-order valence-corrected chi connectivity index (χ4v) is 1.69. The predicted molar refractivity (Wildman–Crippen MR) is 67.2 cm³/mol. The maximum atomic E-state index is 8.80. The Kier molecular flexibility index (Phi) is 3.64. The van der Waals surface area contributed by atoms with E-state index in [4.69, 9.17) is 21.6 Å². The highest BCUT2D eigenvalue weighted by Gasteiger charge is 2.03. The molecule has 0 fully saturated rings. The molecule has 2 rings (SSSR count). The molecule has 0 aliphatic heterocycles. The van der Waals surface area contributed by atoms with Gasteiger partial charge >= 0.3 is 0 Å². The Balaban J connectivity index is 2.28. The zero-order chi connectivity index (χ0) is 12.1. The monoisotopic (exact) mass is 243 g/mol. The summed E-state index contributed by atoms with van der Waals surface area (Å²) in [5.74, 6) is 1.76. The van der Waals surface area contributed by atoms with Crippen molar-refractivity contribution < 1.29 is 4.74 Å². The lowest BCUT2D eigenvalue weighted by Crippen LogP contribution is -1.89. The van der Waals surface area contributed by atoms with Crippen LogP contribution in [0.25, 0.3) is 0 Å². The molecule has 0 spiro atoms. The molecule has 17 heavy (non-hydrogen) atoms. The molecule has 0 bridgehead atoms. The van der Waals surface area contributed by atoms with Crippen molar-refractivity contribution in [3.05, 3.63) is 59.7 Å². The number of benzene rings is 2. The summed E-state index contributed by atoms with van der Waals surface area (Å²) in [4.78, 5) is 0. The third kappa shape index (κ3) is 2.77. The van der Waals surface area contributed by atoms with E-state index in [-0.39, 0.29) is 0 Å². The Hall–Kier alpha value is -1.98. The van der Waals surface area contributed by atoms with Gasteiger partial charge in [0.25, 0.3) is 0 Å². The normalized spacial score (nSPS) is 9.65. The van der Waals surface area contributed by atoms with Crippen LogP contribution in [0.3, 0.4) is 0 Å². The highest BCUT2D eigenvalue weighted by Crippen LogP contribution is 2.26. The highest BCUT2D eigenvalue weighted by molar-refractivity contribution is 6.17. The highest BCUT2D eigenvalue weighted by atomic mass is 35.5. The molecule has 2 aromatic carbocycles. The van der Waals surface area contributed by atoms with Gasteiger partial charge in [-0.1, -0.05) is 24.3 Å². The van der Waals surface area contributed by atoms with Gasteiger partial charge in [0.05, 0.1) is 17.5 Å². The lowest BCUT2D eigenvalue weighted by Gasteiger charge is -2.09. The van der Waals surface area contributed by atoms with E-state index in [0.717, 1.165) is 11.3 Å². The van der Waals surface area contributed by atoms with Gasteiger partial charge in [0.2, 0.25) is 0 Å². The Labute approximate surface area is 105 Å². The SMILES string of the molecule is N#Cc1cccc(Oc2ccccc2CCl)c1. The molecule has 0 atom stereocenters. The van der Waals surface area contributed by atoms with Crippen molar-refractivity contribution in [3.8, 4) is 17.6 Å². The third-order valence-electron chi connectivity index (χ3n) is 2.31. The van der Waals surface area contributed by atoms with Crippen LogP contribution < -0.4 is 4.74 Å². The number of nitriles is 1. The molecular weight excluding hydrogens is 234 g/mol. The standard InChI is InChI=1S/C14H10ClNO/c15-9-12-5-1-2-7-14(12)17-13-6-3-4-11(8-13)10-16/h1-8H,9H2. The molecule has 0 aliphatic carbocycles. The van der Waals surface area contributed by atoms with Crippen LogP contribution >= 0.6 is 11.6 Å². The fraction of sp³-hybridized carbons (Fsp3) is 0.0714. The van der Waals surface area contributed by atoms with Crippen LogP contribution in [0, 0.1) is 11.3 Å². The van der Waals surface area contributed by atoms with Gasteiger partial charge in [-0.15, -0.1) is 11.6 Å². The molecule has 0 N–H and O–H groups in total. The molecule has 84 valence electrons. The van der Waals surface area contributed by atoms with Crippen molar-refractivity contribution in [1.82, 2.24) is 0 Å². The zero-order valence-electron chi connectivity index (χ0n) is 9.06. The second-order valence-electron chi connectivity index (χ2n) is 3.48. The number of nitrogens with zero attached hydrogens (tertiary/aromatic N) is 1. The van der Waals surface area contributed by atoms with Gasteiger partial charge < -0.3 is 4.74 Å². The van der Waals surface area contributed by atoms with Gasteiger partial charge in [0, 0.05) is 5.56 Å². The first-order chi connectivity index (χ1) is 8.33. The Morgan fingerprint density at radius 2 is 1.94 bits per heavy atom. The summed E-state index contributed by atoms with van der Waals surface area (Å²) in [6.45, 7) is 0. The first-order valence-electron chi connectivity index (χ1n) is 5.15. The molecule has 0 amide bonds. The Morgan fingerprint density at radius 3 is 2.71 bits per heavy atom. The number of hydrogen-bond acceptors (Lipinski definition) is 2. The van der Waals surface area contributed by atoms with Crippen molar-refractivity contribution in [1.29, 1.82) is 5.26 Å². The predicted octanol–water partition coefficient (Wildman–Crippen LogP) is 4.09. The molecule has 0 saturated carbocycles. The van der Waals surface area contributed by atoms with Gasteiger partial charge in [-0.25, -0.2) is 0 Å². The van der Waals surface area contributed by atoms with E-state index < -0.39 is 0 Å². The molecule has 0 saturated heterocycles. The quantitative estimate of drug-likeness (QED) is 0.761. The first-order valence-corrected chi connectivity index (χ1v) is 5.69. The number of rotatable bonds is 3. The molecule has 3 heteroatoms. The summed E-state index contributed by atoms with van der Waals surface area (Å²) < 4.78 is 5.71. The zero-order valence-corrected chi connectivity index (χ0v) is 9.82. The second-order valence-corrected chi connectivity index (χ2v) is 3.75. The summed E-state index contributed by atoms with van der Waals surface area (Å²) >= 11 is 5.82. The minimum atomic E-state index is 0.397. The van der Waals surface area contributed by atoms with E-state index in [1.807, 2.05) is 30.3 Å². The van der Waals surface area contributed by atoms with Crippen LogP contribution in [0.15, 0.2) is 48.5 Å². The van der Waals surface area contributed by atoms with Crippen molar-refractivity contribution in [2.45, 2.75) is 5.88 Å². The summed E-state index contributed by atoms with van der Waals surface area (Å²) in [6, 6.07) is 16.7. The van der Waals surface area contributed by atoms with Crippen molar-refractivity contribution in [3.63, 3.8) is 0 Å². The second kappa shape index (κ2) is 5.38. The Morgan fingerprint density at radius 1 is 1.12 bits per heavy atom. The van der Waals surface area contributed by atoms with Crippen LogP contribution in [0.1, 0.15) is 11.1 Å². The average molecular weight is 244 g/mol. The molecule has 0 unspecified atom stereocenters. The van der Waals surface area contributed by atoms with Crippen molar-refractivity contribution >= 4 is 11.6 Å². The van der Waals surface area contributed by atoms with E-state index in [1.54, 1.807) is 18.2 Å². The fourth-order valence-electron chi connectivity index (χ4n) is 1.47. The molecule has 2 aromatic rings. The summed E-state index contributed by atoms with van der Waals surface area (Å²) in [5, 5.41) is 8.80. The number of para-hydroxylation sites is 1. The largest absolute Gasteiger partial charge is 0.457 e. The van der Waals surface area contributed by atoms with Crippen LogP contribution in [0.2, 0.25) is 0 Å². The van der Waals surface area contributed by atoms with E-state index in [9.17, 15) is 0 Å². The maximum absolute atomic E-state index is 8.80. The summed E-state index contributed by atoms with van der Waals surface area (Å²) in [5.41, 5.74) is 1.50. The topological polar surface area (TPSA) is 33.0 Å². The molecule has 2 nitrogen and oxygen atoms in total. The minimum Gasteiger partial charge on any atom is -0.457 e. The minimum absolute atomic E-state index is 0.397. The summed E-state index contributed by atoms with van der Waals surface area (Å²) in [7, 11) is 0. The molecule has 0 heterocycles. The molecular formula is C14H10ClNO. The molecule has 0 radical (unpaired) electrons. The van der Waals surface area contributed by atoms with Crippen LogP contribution in [-0.4, -0.2) is 0 Å². The number of hydrogen-bond donors (Lipinski definition) is 0. The molecule has 0 aromatic heterocycles. The van der Waals surface area contributed by atoms with Crippen LogP contribution in [-0.2, 0) is 5.88 Å². The Bertz CT molecular complexity index is 560. The molecule has 0 aliphatic rings. The first kappa shape index (κ1) is 11.5. The third-order valence-corrected chi connectivity index (χ3v) is 2.60. The van der Waals surface area contributed by atoms with E-state index in [1.165, 1.54) is 0 Å². The van der Waals surface area contributed by atoms with Crippen LogP contribution in [0.4, 0.5) is 0 Å². The van der Waals surface area contributed by atoms with Gasteiger partial charge in [0.1, 0.15) is 11.5 Å². The number of ether oxygens (including phenoxy) is 1. The van der Waals surface area contributed by atoms with Gasteiger partial charge in [0.15, 0.2) is 0 Å². The smallest absolute Gasteiger partial charge is 0.131 e. The number of alkyl halides is 1. The van der Waals surface area contributed by atoms with Crippen molar-refractivity contribution in [2.24, 2.45) is 0 Å². The van der Waals surface area contributed by atoms with Gasteiger partial charge in [-0.2, -0.15) is 5.26 Å². The van der Waals surface area contributed by atoms with Crippen LogP contribution in [0.5, 0.6) is 11.5 Å². The lowest BCUT2D eigenvalue weighted by molar-refractivity contribution is 0.478. The van der Waals surface area contributed by atoms with E-state index >= 15 is 0 Å². The lowest BCUT2D eigenvalue weighted by atomic mass is 10.2. The van der Waals surface area contributed by atoms with E-state index in [2.05, 4.69) is 6.07 Å². The average Bonchev–Trinajstić information content (AvgIpc) is 2.39. The number of halogens is 1. The maximum Gasteiger partial charge on any atom is 0.131 e. The van der Waals surface area contributed by atoms with E-state index in [0.29, 0.717) is 17.2 Å². The van der Waals surface area contributed by atoms with Gasteiger partial charge in [-0.3, -0.25) is 0 Å². The summed E-state index contributed by atoms with van der Waals surface area (Å²) in [6.07, 6.45) is 0. The van der Waals surface area contributed by atoms with Gasteiger partial charge in [-0.05, 0) is 24.3 Å². The van der Waals surface area contributed by atoms with Crippen molar-refractivity contribution in [2.75, 3.05) is 0 Å².